The number of aliphatic hydroxyl groups is 1. The van der Waals surface area contributed by atoms with Crippen molar-refractivity contribution in [1.82, 2.24) is 20.3 Å². The second kappa shape index (κ2) is 10.2. The summed E-state index contributed by atoms with van der Waals surface area (Å²) in [5, 5.41) is 15.5. The summed E-state index contributed by atoms with van der Waals surface area (Å²) < 4.78 is 12.4. The smallest absolute Gasteiger partial charge is 0.270 e. The van der Waals surface area contributed by atoms with Gasteiger partial charge in [-0.1, -0.05) is 34.1 Å². The molecule has 4 aromatic rings. The van der Waals surface area contributed by atoms with Crippen molar-refractivity contribution in [3.8, 4) is 11.1 Å². The lowest BCUT2D eigenvalue weighted by Gasteiger charge is -2.13. The highest BCUT2D eigenvalue weighted by Crippen LogP contribution is 2.32. The lowest BCUT2D eigenvalue weighted by atomic mass is 10.0. The molecule has 0 aliphatic carbocycles. The number of rotatable bonds is 7. The van der Waals surface area contributed by atoms with Crippen LogP contribution in [0.2, 0.25) is 0 Å². The van der Waals surface area contributed by atoms with Gasteiger partial charge in [-0.2, -0.15) is 4.98 Å². The van der Waals surface area contributed by atoms with Gasteiger partial charge in [0.25, 0.3) is 5.91 Å². The van der Waals surface area contributed by atoms with E-state index in [0.29, 0.717) is 22.5 Å². The molecule has 0 aliphatic rings. The number of fused-ring (bicyclic) bond motifs is 1. The molecule has 33 heavy (non-hydrogen) atoms. The first-order valence-electron chi connectivity index (χ1n) is 9.98. The third-order valence-corrected chi connectivity index (χ3v) is 6.41. The van der Waals surface area contributed by atoms with Gasteiger partial charge in [0.2, 0.25) is 5.95 Å². The summed E-state index contributed by atoms with van der Waals surface area (Å²) in [6.45, 7) is -0.0621. The van der Waals surface area contributed by atoms with E-state index in [2.05, 4.69) is 41.5 Å². The summed E-state index contributed by atoms with van der Waals surface area (Å²) in [6, 6.07) is 16.5. The van der Waals surface area contributed by atoms with Gasteiger partial charge in [-0.05, 0) is 42.0 Å². The SMILES string of the molecule is CS(=O)c1ccc(Nc2ncc3cc(-c4ccccc4Br)c(C(=O)NCCO)nc3n2)cc1. The maximum absolute atomic E-state index is 12.8. The van der Waals surface area contributed by atoms with E-state index in [1.807, 2.05) is 30.3 Å². The van der Waals surface area contributed by atoms with Gasteiger partial charge in [-0.3, -0.25) is 9.00 Å². The Kier molecular flexibility index (Phi) is 7.07. The summed E-state index contributed by atoms with van der Waals surface area (Å²) in [5.74, 6) is -0.0938. The van der Waals surface area contributed by atoms with Crippen LogP contribution in [0.5, 0.6) is 0 Å². The van der Waals surface area contributed by atoms with Crippen molar-refractivity contribution in [2.75, 3.05) is 24.7 Å². The van der Waals surface area contributed by atoms with Crippen LogP contribution in [-0.2, 0) is 10.8 Å². The normalized spacial score (nSPS) is 11.8. The summed E-state index contributed by atoms with van der Waals surface area (Å²) in [7, 11) is -1.06. The van der Waals surface area contributed by atoms with Crippen LogP contribution in [0.4, 0.5) is 11.6 Å². The molecule has 1 unspecified atom stereocenters. The molecule has 0 bridgehead atoms. The van der Waals surface area contributed by atoms with Crippen LogP contribution < -0.4 is 10.6 Å². The molecule has 0 saturated heterocycles. The van der Waals surface area contributed by atoms with Crippen molar-refractivity contribution >= 4 is 55.3 Å². The van der Waals surface area contributed by atoms with Crippen molar-refractivity contribution < 1.29 is 14.1 Å². The standard InChI is InChI=1S/C23H20BrN5O3S/c1-33(32)16-8-6-15(7-9-16)27-23-26-13-14-12-18(17-4-2-3-5-19(17)24)20(28-21(14)29-23)22(31)25-10-11-30/h2-9,12-13,30H,10-11H2,1H3,(H,25,31)(H,26,27,28,29). The average molecular weight is 526 g/mol. The molecule has 168 valence electrons. The predicted octanol–water partition coefficient (Wildman–Crippen LogP) is 3.66. The number of nitrogens with zero attached hydrogens (tertiary/aromatic N) is 3. The zero-order chi connectivity index (χ0) is 23.4. The Morgan fingerprint density at radius 3 is 2.55 bits per heavy atom. The van der Waals surface area contributed by atoms with Crippen molar-refractivity contribution in [2.24, 2.45) is 0 Å². The molecule has 2 heterocycles. The summed E-state index contributed by atoms with van der Waals surface area (Å²) in [5.41, 5.74) is 2.70. The minimum absolute atomic E-state index is 0.114. The van der Waals surface area contributed by atoms with E-state index in [1.165, 1.54) is 0 Å². The second-order valence-corrected chi connectivity index (χ2v) is 9.29. The maximum atomic E-state index is 12.8. The molecule has 3 N–H and O–H groups in total. The van der Waals surface area contributed by atoms with Crippen LogP contribution in [0.15, 0.2) is 70.2 Å². The van der Waals surface area contributed by atoms with Gasteiger partial charge < -0.3 is 15.7 Å². The molecule has 0 saturated carbocycles. The topological polar surface area (TPSA) is 117 Å². The van der Waals surface area contributed by atoms with Gasteiger partial charge in [0, 0.05) is 55.8 Å². The number of benzene rings is 2. The number of carbonyl (C=O) groups is 1. The third kappa shape index (κ3) is 5.24. The fraction of sp³-hybridized carbons (Fsp3) is 0.130. The van der Waals surface area contributed by atoms with E-state index >= 15 is 0 Å². The number of halogens is 1. The predicted molar refractivity (Wildman–Crippen MR) is 132 cm³/mol. The molecule has 0 radical (unpaired) electrons. The molecule has 1 atom stereocenters. The first-order chi connectivity index (χ1) is 16.0. The Labute approximate surface area is 201 Å². The molecular weight excluding hydrogens is 506 g/mol. The zero-order valence-electron chi connectivity index (χ0n) is 17.6. The highest BCUT2D eigenvalue weighted by atomic mass is 79.9. The van der Waals surface area contributed by atoms with Gasteiger partial charge >= 0.3 is 0 Å². The summed E-state index contributed by atoms with van der Waals surface area (Å²) in [4.78, 5) is 26.9. The van der Waals surface area contributed by atoms with Gasteiger partial charge in [0.1, 0.15) is 5.69 Å². The van der Waals surface area contributed by atoms with E-state index in [4.69, 9.17) is 5.11 Å². The Morgan fingerprint density at radius 2 is 1.85 bits per heavy atom. The second-order valence-electron chi connectivity index (χ2n) is 7.05. The molecule has 0 spiro atoms. The molecule has 2 aromatic carbocycles. The van der Waals surface area contributed by atoms with E-state index in [1.54, 1.807) is 36.7 Å². The quantitative estimate of drug-likeness (QED) is 0.337. The third-order valence-electron chi connectivity index (χ3n) is 4.79. The largest absolute Gasteiger partial charge is 0.395 e. The number of pyridine rings is 1. The first kappa shape index (κ1) is 23.0. The van der Waals surface area contributed by atoms with Crippen LogP contribution in [0.1, 0.15) is 10.5 Å². The van der Waals surface area contributed by atoms with Crippen LogP contribution in [0.3, 0.4) is 0 Å². The minimum atomic E-state index is -1.06. The monoisotopic (exact) mass is 525 g/mol. The van der Waals surface area contributed by atoms with Gasteiger partial charge in [-0.25, -0.2) is 9.97 Å². The van der Waals surface area contributed by atoms with E-state index in [0.717, 1.165) is 20.6 Å². The Hall–Kier alpha value is -3.21. The summed E-state index contributed by atoms with van der Waals surface area (Å²) >= 11 is 3.54. The lowest BCUT2D eigenvalue weighted by Crippen LogP contribution is -2.28. The highest BCUT2D eigenvalue weighted by Gasteiger charge is 2.18. The number of aromatic nitrogens is 3. The van der Waals surface area contributed by atoms with Crippen molar-refractivity contribution in [2.45, 2.75) is 4.90 Å². The van der Waals surface area contributed by atoms with Crippen LogP contribution >= 0.6 is 15.9 Å². The number of hydrogen-bond donors (Lipinski definition) is 3. The minimum Gasteiger partial charge on any atom is -0.395 e. The van der Waals surface area contributed by atoms with E-state index in [9.17, 15) is 9.00 Å². The Morgan fingerprint density at radius 1 is 1.09 bits per heavy atom. The van der Waals surface area contributed by atoms with E-state index < -0.39 is 16.7 Å². The fourth-order valence-electron chi connectivity index (χ4n) is 3.19. The Bertz CT molecular complexity index is 1350. The number of nitrogens with one attached hydrogen (secondary N) is 2. The molecule has 1 amide bonds. The number of aliphatic hydroxyl groups excluding tert-OH is 1. The van der Waals surface area contributed by atoms with Crippen molar-refractivity contribution in [3.05, 3.63) is 71.0 Å². The van der Waals surface area contributed by atoms with Crippen LogP contribution in [0.25, 0.3) is 22.2 Å². The van der Waals surface area contributed by atoms with Crippen molar-refractivity contribution in [1.29, 1.82) is 0 Å². The molecule has 4 rings (SSSR count). The molecule has 8 nitrogen and oxygen atoms in total. The molecular formula is C23H20BrN5O3S. The lowest BCUT2D eigenvalue weighted by molar-refractivity contribution is 0.0941. The van der Waals surface area contributed by atoms with Gasteiger partial charge in [0.15, 0.2) is 5.65 Å². The molecule has 0 fully saturated rings. The maximum Gasteiger partial charge on any atom is 0.270 e. The first-order valence-corrected chi connectivity index (χ1v) is 12.3. The Balaban J connectivity index is 1.75. The number of anilines is 2. The average Bonchev–Trinajstić information content (AvgIpc) is 2.82. The zero-order valence-corrected chi connectivity index (χ0v) is 20.0. The van der Waals surface area contributed by atoms with E-state index in [-0.39, 0.29) is 18.8 Å². The number of amides is 1. The highest BCUT2D eigenvalue weighted by molar-refractivity contribution is 9.10. The fourth-order valence-corrected chi connectivity index (χ4v) is 4.21. The van der Waals surface area contributed by atoms with Crippen LogP contribution in [0, 0.1) is 0 Å². The van der Waals surface area contributed by atoms with Crippen molar-refractivity contribution in [3.63, 3.8) is 0 Å². The van der Waals surface area contributed by atoms with Crippen LogP contribution in [-0.4, -0.2) is 49.6 Å². The summed E-state index contributed by atoms with van der Waals surface area (Å²) in [6.07, 6.45) is 3.26. The molecule has 10 heteroatoms. The molecule has 0 aliphatic heterocycles. The van der Waals surface area contributed by atoms with Gasteiger partial charge in [-0.15, -0.1) is 0 Å². The molecule has 2 aromatic heterocycles. The number of carbonyl (C=O) groups excluding carboxylic acids is 1. The van der Waals surface area contributed by atoms with Gasteiger partial charge in [0.05, 0.1) is 6.61 Å². The number of hydrogen-bond acceptors (Lipinski definition) is 7.